The van der Waals surface area contributed by atoms with E-state index in [1.807, 2.05) is 11.9 Å². The fourth-order valence-electron chi connectivity index (χ4n) is 3.60. The highest BCUT2D eigenvalue weighted by Crippen LogP contribution is 2.33. The van der Waals surface area contributed by atoms with Crippen LogP contribution in [0.5, 0.6) is 0 Å². The predicted molar refractivity (Wildman–Crippen MR) is 75.9 cm³/mol. The van der Waals surface area contributed by atoms with Crippen LogP contribution in [0.2, 0.25) is 0 Å². The number of likely N-dealkylation sites (N-methyl/N-ethyl adjacent to an activating group) is 1. The number of hydrogen-bond acceptors (Lipinski definition) is 3. The van der Waals surface area contributed by atoms with Gasteiger partial charge in [0.1, 0.15) is 6.04 Å². The summed E-state index contributed by atoms with van der Waals surface area (Å²) in [7, 11) is 1.94. The lowest BCUT2D eigenvalue weighted by Crippen LogP contribution is -2.57. The Balaban J connectivity index is 2.26. The van der Waals surface area contributed by atoms with Crippen LogP contribution in [0.25, 0.3) is 0 Å². The summed E-state index contributed by atoms with van der Waals surface area (Å²) >= 11 is 0. The van der Waals surface area contributed by atoms with Gasteiger partial charge >= 0.3 is 0 Å². The van der Waals surface area contributed by atoms with Gasteiger partial charge < -0.3 is 10.0 Å². The van der Waals surface area contributed by atoms with Crippen molar-refractivity contribution in [1.29, 1.82) is 0 Å². The quantitative estimate of drug-likeness (QED) is 0.827. The molecule has 1 N–H and O–H groups in total. The summed E-state index contributed by atoms with van der Waals surface area (Å²) < 4.78 is 0. The van der Waals surface area contributed by atoms with Gasteiger partial charge in [0.25, 0.3) is 0 Å². The lowest BCUT2D eigenvalue weighted by atomic mass is 9.88. The zero-order valence-electron chi connectivity index (χ0n) is 12.6. The van der Waals surface area contributed by atoms with Gasteiger partial charge in [0.2, 0.25) is 5.91 Å². The molecule has 4 heteroatoms. The second kappa shape index (κ2) is 5.80. The molecule has 1 aliphatic heterocycles. The van der Waals surface area contributed by atoms with Crippen LogP contribution >= 0.6 is 0 Å². The van der Waals surface area contributed by atoms with Crippen molar-refractivity contribution in [2.24, 2.45) is 0 Å². The van der Waals surface area contributed by atoms with Crippen molar-refractivity contribution in [3.05, 3.63) is 0 Å². The molecule has 1 aliphatic carbocycles. The SMILES string of the molecule is CN1CCC(C)(C)N(C2CCCCC2)C(=O)C1CO. The third-order valence-electron chi connectivity index (χ3n) is 4.90. The Hall–Kier alpha value is -0.610. The average molecular weight is 268 g/mol. The first-order valence-corrected chi connectivity index (χ1v) is 7.61. The fourth-order valence-corrected chi connectivity index (χ4v) is 3.60. The molecular weight excluding hydrogens is 240 g/mol. The monoisotopic (exact) mass is 268 g/mol. The summed E-state index contributed by atoms with van der Waals surface area (Å²) in [5.74, 6) is 0.124. The Labute approximate surface area is 116 Å². The van der Waals surface area contributed by atoms with Crippen LogP contribution in [-0.2, 0) is 4.79 Å². The van der Waals surface area contributed by atoms with Gasteiger partial charge in [0.05, 0.1) is 6.61 Å². The molecule has 0 aromatic heterocycles. The fraction of sp³-hybridized carbons (Fsp3) is 0.933. The highest BCUT2D eigenvalue weighted by molar-refractivity contribution is 5.83. The molecule has 1 unspecified atom stereocenters. The highest BCUT2D eigenvalue weighted by Gasteiger charge is 2.43. The molecule has 0 bridgehead atoms. The lowest BCUT2D eigenvalue weighted by Gasteiger charge is -2.45. The molecule has 2 fully saturated rings. The average Bonchev–Trinajstić information content (AvgIpc) is 2.46. The Kier molecular flexibility index (Phi) is 4.51. The van der Waals surface area contributed by atoms with E-state index in [0.717, 1.165) is 25.8 Å². The molecule has 19 heavy (non-hydrogen) atoms. The number of rotatable bonds is 2. The molecule has 4 nitrogen and oxygen atoms in total. The Morgan fingerprint density at radius 1 is 1.26 bits per heavy atom. The lowest BCUT2D eigenvalue weighted by molar-refractivity contribution is -0.144. The molecule has 1 atom stereocenters. The van der Waals surface area contributed by atoms with Gasteiger partial charge in [-0.3, -0.25) is 9.69 Å². The van der Waals surface area contributed by atoms with Crippen molar-refractivity contribution in [2.45, 2.75) is 70.0 Å². The number of carbonyl (C=O) groups is 1. The number of aliphatic hydroxyl groups is 1. The maximum Gasteiger partial charge on any atom is 0.242 e. The maximum absolute atomic E-state index is 12.8. The smallest absolute Gasteiger partial charge is 0.242 e. The second-order valence-electron chi connectivity index (χ2n) is 6.74. The minimum atomic E-state index is -0.358. The number of nitrogens with zero attached hydrogens (tertiary/aromatic N) is 2. The van der Waals surface area contributed by atoms with Gasteiger partial charge in [-0.1, -0.05) is 19.3 Å². The van der Waals surface area contributed by atoms with E-state index >= 15 is 0 Å². The molecule has 1 saturated heterocycles. The molecule has 0 radical (unpaired) electrons. The number of aliphatic hydroxyl groups excluding tert-OH is 1. The third kappa shape index (κ3) is 2.95. The van der Waals surface area contributed by atoms with Crippen LogP contribution in [0, 0.1) is 0 Å². The van der Waals surface area contributed by atoms with Gasteiger partial charge in [-0.2, -0.15) is 0 Å². The van der Waals surface area contributed by atoms with Crippen LogP contribution in [0.15, 0.2) is 0 Å². The Bertz CT molecular complexity index is 324. The van der Waals surface area contributed by atoms with Gasteiger partial charge in [0.15, 0.2) is 0 Å². The summed E-state index contributed by atoms with van der Waals surface area (Å²) in [5.41, 5.74) is -0.0999. The molecule has 1 saturated carbocycles. The van der Waals surface area contributed by atoms with Crippen molar-refractivity contribution in [3.8, 4) is 0 Å². The standard InChI is InChI=1S/C15H28N2O2/c1-15(2)9-10-16(3)13(11-18)14(19)17(15)12-7-5-4-6-8-12/h12-13,18H,4-11H2,1-3H3. The van der Waals surface area contributed by atoms with E-state index in [1.165, 1.54) is 19.3 Å². The Morgan fingerprint density at radius 2 is 1.89 bits per heavy atom. The van der Waals surface area contributed by atoms with Crippen LogP contribution in [-0.4, -0.2) is 58.6 Å². The predicted octanol–water partition coefficient (Wildman–Crippen LogP) is 1.62. The zero-order valence-corrected chi connectivity index (χ0v) is 12.6. The topological polar surface area (TPSA) is 43.8 Å². The molecule has 1 heterocycles. The van der Waals surface area contributed by atoms with E-state index in [9.17, 15) is 9.90 Å². The van der Waals surface area contributed by atoms with Gasteiger partial charge in [-0.25, -0.2) is 0 Å². The molecular formula is C15H28N2O2. The Morgan fingerprint density at radius 3 is 2.47 bits per heavy atom. The number of hydrogen-bond donors (Lipinski definition) is 1. The first-order valence-electron chi connectivity index (χ1n) is 7.61. The van der Waals surface area contributed by atoms with Crippen LogP contribution in [0.1, 0.15) is 52.4 Å². The van der Waals surface area contributed by atoms with Crippen molar-refractivity contribution in [3.63, 3.8) is 0 Å². The van der Waals surface area contributed by atoms with Crippen LogP contribution in [0.3, 0.4) is 0 Å². The first kappa shape index (κ1) is 14.8. The maximum atomic E-state index is 12.8. The number of carbonyl (C=O) groups excluding carboxylic acids is 1. The van der Waals surface area contributed by atoms with E-state index in [4.69, 9.17) is 0 Å². The van der Waals surface area contributed by atoms with Crippen LogP contribution in [0.4, 0.5) is 0 Å². The van der Waals surface area contributed by atoms with Crippen molar-refractivity contribution in [2.75, 3.05) is 20.2 Å². The zero-order chi connectivity index (χ0) is 14.0. The van der Waals surface area contributed by atoms with Gasteiger partial charge in [-0.15, -0.1) is 0 Å². The second-order valence-corrected chi connectivity index (χ2v) is 6.74. The molecule has 0 aromatic rings. The summed E-state index contributed by atoms with van der Waals surface area (Å²) in [5, 5.41) is 9.55. The summed E-state index contributed by atoms with van der Waals surface area (Å²) in [4.78, 5) is 16.9. The largest absolute Gasteiger partial charge is 0.394 e. The van der Waals surface area contributed by atoms with Crippen LogP contribution < -0.4 is 0 Å². The summed E-state index contributed by atoms with van der Waals surface area (Å²) in [6.45, 7) is 5.14. The molecule has 0 spiro atoms. The van der Waals surface area contributed by atoms with E-state index in [1.54, 1.807) is 0 Å². The summed E-state index contributed by atoms with van der Waals surface area (Å²) in [6.07, 6.45) is 6.97. The molecule has 1 amide bonds. The van der Waals surface area contributed by atoms with Crippen molar-refractivity contribution < 1.29 is 9.90 Å². The van der Waals surface area contributed by atoms with E-state index < -0.39 is 0 Å². The normalized spacial score (nSPS) is 30.4. The minimum Gasteiger partial charge on any atom is -0.394 e. The molecule has 2 rings (SSSR count). The van der Waals surface area contributed by atoms with Crippen molar-refractivity contribution >= 4 is 5.91 Å². The third-order valence-corrected chi connectivity index (χ3v) is 4.90. The molecule has 0 aromatic carbocycles. The van der Waals surface area contributed by atoms with Gasteiger partial charge in [0, 0.05) is 18.1 Å². The van der Waals surface area contributed by atoms with E-state index in [2.05, 4.69) is 18.7 Å². The highest BCUT2D eigenvalue weighted by atomic mass is 16.3. The number of amides is 1. The minimum absolute atomic E-state index is 0.0748. The molecule has 2 aliphatic rings. The van der Waals surface area contributed by atoms with Crippen molar-refractivity contribution in [1.82, 2.24) is 9.80 Å². The first-order chi connectivity index (χ1) is 8.97. The summed E-state index contributed by atoms with van der Waals surface area (Å²) in [6, 6.07) is 0.0144. The van der Waals surface area contributed by atoms with E-state index in [-0.39, 0.29) is 24.1 Å². The van der Waals surface area contributed by atoms with E-state index in [0.29, 0.717) is 6.04 Å². The molecule has 110 valence electrons. The van der Waals surface area contributed by atoms with Gasteiger partial charge in [-0.05, 0) is 40.2 Å².